The molecule has 6 heteroatoms. The maximum Gasteiger partial charge on any atom is 0.268 e. The van der Waals surface area contributed by atoms with Crippen molar-refractivity contribution in [2.75, 3.05) is 0 Å². The van der Waals surface area contributed by atoms with Gasteiger partial charge in [-0.3, -0.25) is 4.79 Å². The molecule has 0 aliphatic carbocycles. The van der Waals surface area contributed by atoms with Crippen LogP contribution in [-0.2, 0) is 10.0 Å². The summed E-state index contributed by atoms with van der Waals surface area (Å²) < 4.78 is 39.8. The molecule has 0 bridgehead atoms. The molecule has 3 rings (SSSR count). The maximum atomic E-state index is 13.4. The van der Waals surface area contributed by atoms with Gasteiger partial charge in [-0.25, -0.2) is 16.8 Å². The number of carbonyl (C=O) groups excluding carboxylic acids is 1. The summed E-state index contributed by atoms with van der Waals surface area (Å²) in [6.07, 6.45) is 1.73. The van der Waals surface area contributed by atoms with E-state index in [1.165, 1.54) is 24.4 Å². The molecule has 3 aromatic rings. The van der Waals surface area contributed by atoms with Crippen molar-refractivity contribution in [3.05, 3.63) is 65.6 Å². The highest BCUT2D eigenvalue weighted by Gasteiger charge is 2.21. The number of rotatable bonds is 3. The molecule has 1 heterocycles. The first-order chi connectivity index (χ1) is 10.4. The molecule has 0 saturated heterocycles. The van der Waals surface area contributed by atoms with E-state index < -0.39 is 15.8 Å². The van der Waals surface area contributed by atoms with Crippen LogP contribution in [0.2, 0.25) is 0 Å². The summed E-state index contributed by atoms with van der Waals surface area (Å²) in [7, 11) is -3.85. The number of aryl methyl sites for hydroxylation is 1. The number of nitrogens with zero attached hydrogens (tertiary/aromatic N) is 1. The number of halogens is 1. The van der Waals surface area contributed by atoms with Crippen LogP contribution >= 0.6 is 0 Å². The van der Waals surface area contributed by atoms with Gasteiger partial charge in [0.05, 0.1) is 10.4 Å². The second kappa shape index (κ2) is 5.06. The Balaban J connectivity index is 2.29. The molecule has 22 heavy (non-hydrogen) atoms. The monoisotopic (exact) mass is 317 g/mol. The molecule has 0 aliphatic heterocycles. The summed E-state index contributed by atoms with van der Waals surface area (Å²) in [6, 6.07) is 10.1. The van der Waals surface area contributed by atoms with Gasteiger partial charge in [0.15, 0.2) is 6.29 Å². The van der Waals surface area contributed by atoms with Crippen molar-refractivity contribution in [2.24, 2.45) is 0 Å². The number of aromatic nitrogens is 1. The highest BCUT2D eigenvalue weighted by molar-refractivity contribution is 7.90. The normalized spacial score (nSPS) is 11.7. The summed E-state index contributed by atoms with van der Waals surface area (Å²) in [5.41, 5.74) is 1.33. The van der Waals surface area contributed by atoms with E-state index in [-0.39, 0.29) is 21.4 Å². The minimum absolute atomic E-state index is 0.108. The lowest BCUT2D eigenvalue weighted by Crippen LogP contribution is -2.11. The van der Waals surface area contributed by atoms with Crippen molar-refractivity contribution < 1.29 is 17.6 Å². The molecule has 0 unspecified atom stereocenters. The Bertz CT molecular complexity index is 973. The van der Waals surface area contributed by atoms with E-state index in [4.69, 9.17) is 0 Å². The third-order valence-corrected chi connectivity index (χ3v) is 5.16. The van der Waals surface area contributed by atoms with E-state index in [1.807, 2.05) is 6.92 Å². The quantitative estimate of drug-likeness (QED) is 0.697. The molecule has 0 aliphatic rings. The van der Waals surface area contributed by atoms with Crippen molar-refractivity contribution >= 4 is 27.2 Å². The van der Waals surface area contributed by atoms with Crippen molar-refractivity contribution in [3.8, 4) is 0 Å². The summed E-state index contributed by atoms with van der Waals surface area (Å²) in [5.74, 6) is -0.527. The van der Waals surface area contributed by atoms with Crippen LogP contribution < -0.4 is 0 Å². The first-order valence-corrected chi connectivity index (χ1v) is 7.95. The third-order valence-electron chi connectivity index (χ3n) is 3.47. The predicted octanol–water partition coefficient (Wildman–Crippen LogP) is 3.14. The van der Waals surface area contributed by atoms with Crippen molar-refractivity contribution in [3.63, 3.8) is 0 Å². The number of hydrogen-bond donors (Lipinski definition) is 0. The zero-order chi connectivity index (χ0) is 15.9. The van der Waals surface area contributed by atoms with Gasteiger partial charge in [0.25, 0.3) is 10.0 Å². The second-order valence-electron chi connectivity index (χ2n) is 4.98. The Labute approximate surface area is 126 Å². The third kappa shape index (κ3) is 2.21. The predicted molar refractivity (Wildman–Crippen MR) is 81.0 cm³/mol. The average molecular weight is 317 g/mol. The summed E-state index contributed by atoms with van der Waals surface area (Å²) in [6.45, 7) is 1.86. The van der Waals surface area contributed by atoms with Gasteiger partial charge >= 0.3 is 0 Å². The van der Waals surface area contributed by atoms with Crippen LogP contribution in [0.5, 0.6) is 0 Å². The lowest BCUT2D eigenvalue weighted by atomic mass is 10.2. The number of fused-ring (bicyclic) bond motifs is 1. The topological polar surface area (TPSA) is 56.1 Å². The largest absolute Gasteiger partial charge is 0.298 e. The van der Waals surface area contributed by atoms with E-state index in [1.54, 1.807) is 12.1 Å². The molecular weight excluding hydrogens is 305 g/mol. The first kappa shape index (κ1) is 14.5. The van der Waals surface area contributed by atoms with E-state index in [2.05, 4.69) is 0 Å². The molecule has 0 saturated carbocycles. The molecule has 0 radical (unpaired) electrons. The zero-order valence-electron chi connectivity index (χ0n) is 11.7. The molecule has 2 aromatic carbocycles. The molecule has 0 atom stereocenters. The molecular formula is C16H12FNO3S. The van der Waals surface area contributed by atoms with Crippen molar-refractivity contribution in [2.45, 2.75) is 11.8 Å². The fourth-order valence-corrected chi connectivity index (χ4v) is 3.69. The van der Waals surface area contributed by atoms with Gasteiger partial charge in [0.2, 0.25) is 0 Å². The molecule has 0 amide bonds. The van der Waals surface area contributed by atoms with Crippen LogP contribution in [0.1, 0.15) is 15.9 Å². The van der Waals surface area contributed by atoms with E-state index in [9.17, 15) is 17.6 Å². The maximum absolute atomic E-state index is 13.4. The van der Waals surface area contributed by atoms with Crippen molar-refractivity contribution in [1.82, 2.24) is 3.97 Å². The number of hydrogen-bond acceptors (Lipinski definition) is 3. The van der Waals surface area contributed by atoms with Gasteiger partial charge in [-0.2, -0.15) is 0 Å². The highest BCUT2D eigenvalue weighted by Crippen LogP contribution is 2.26. The van der Waals surface area contributed by atoms with Gasteiger partial charge in [-0.15, -0.1) is 0 Å². The molecule has 4 nitrogen and oxygen atoms in total. The van der Waals surface area contributed by atoms with Gasteiger partial charge in [-0.05, 0) is 37.3 Å². The number of benzene rings is 2. The zero-order valence-corrected chi connectivity index (χ0v) is 12.5. The minimum Gasteiger partial charge on any atom is -0.298 e. The summed E-state index contributed by atoms with van der Waals surface area (Å²) in [4.78, 5) is 11.2. The molecule has 0 N–H and O–H groups in total. The van der Waals surface area contributed by atoms with Gasteiger partial charge in [-0.1, -0.05) is 17.7 Å². The van der Waals surface area contributed by atoms with Crippen LogP contribution in [-0.4, -0.2) is 18.7 Å². The molecule has 0 fully saturated rings. The van der Waals surface area contributed by atoms with E-state index in [0.717, 1.165) is 21.7 Å². The SMILES string of the molecule is Cc1ccc(S(=O)(=O)n2cc(C=O)c3cc(F)ccc32)cc1. The highest BCUT2D eigenvalue weighted by atomic mass is 32.2. The second-order valence-corrected chi connectivity index (χ2v) is 6.79. The summed E-state index contributed by atoms with van der Waals surface area (Å²) in [5, 5.41) is 0.269. The van der Waals surface area contributed by atoms with Crippen molar-refractivity contribution in [1.29, 1.82) is 0 Å². The number of carbonyl (C=O) groups is 1. The van der Waals surface area contributed by atoms with Crippen LogP contribution in [0.15, 0.2) is 53.6 Å². The Morgan fingerprint density at radius 3 is 2.41 bits per heavy atom. The fraction of sp³-hybridized carbons (Fsp3) is 0.0625. The van der Waals surface area contributed by atoms with E-state index >= 15 is 0 Å². The van der Waals surface area contributed by atoms with Gasteiger partial charge in [0, 0.05) is 17.1 Å². The summed E-state index contributed by atoms with van der Waals surface area (Å²) >= 11 is 0. The first-order valence-electron chi connectivity index (χ1n) is 6.51. The van der Waals surface area contributed by atoms with Gasteiger partial charge in [0.1, 0.15) is 5.82 Å². The Morgan fingerprint density at radius 1 is 1.09 bits per heavy atom. The molecule has 1 aromatic heterocycles. The van der Waals surface area contributed by atoms with Crippen LogP contribution in [0.3, 0.4) is 0 Å². The standard InChI is InChI=1S/C16H12FNO3S/c1-11-2-5-14(6-3-11)22(20,21)18-9-12(10-19)15-8-13(17)4-7-16(15)18/h2-10H,1H3. The Morgan fingerprint density at radius 2 is 1.77 bits per heavy atom. The fourth-order valence-electron chi connectivity index (χ4n) is 2.31. The Hall–Kier alpha value is -2.47. The average Bonchev–Trinajstić information content (AvgIpc) is 2.86. The number of aldehydes is 1. The molecule has 112 valence electrons. The lowest BCUT2D eigenvalue weighted by molar-refractivity contribution is 0.112. The van der Waals surface area contributed by atoms with E-state index in [0.29, 0.717) is 6.29 Å². The Kier molecular flexibility index (Phi) is 3.33. The van der Waals surface area contributed by atoms with Gasteiger partial charge < -0.3 is 0 Å². The minimum atomic E-state index is -3.85. The smallest absolute Gasteiger partial charge is 0.268 e. The van der Waals surface area contributed by atoms with Crippen LogP contribution in [0.4, 0.5) is 4.39 Å². The van der Waals surface area contributed by atoms with Crippen LogP contribution in [0, 0.1) is 12.7 Å². The molecule has 0 spiro atoms. The van der Waals surface area contributed by atoms with Crippen LogP contribution in [0.25, 0.3) is 10.9 Å². The lowest BCUT2D eigenvalue weighted by Gasteiger charge is -2.07.